The van der Waals surface area contributed by atoms with Gasteiger partial charge in [0.15, 0.2) is 0 Å². The van der Waals surface area contributed by atoms with Gasteiger partial charge in [-0.25, -0.2) is 0 Å². The van der Waals surface area contributed by atoms with Crippen molar-refractivity contribution in [3.63, 3.8) is 0 Å². The molecule has 0 unspecified atom stereocenters. The molecular weight excluding hydrogens is 380 g/mol. The van der Waals surface area contributed by atoms with Crippen molar-refractivity contribution in [2.24, 2.45) is 0 Å². The number of morpholine rings is 1. The normalized spacial score (nSPS) is 29.9. The molecule has 0 aliphatic carbocycles. The fourth-order valence-corrected chi connectivity index (χ4v) is 4.74. The summed E-state index contributed by atoms with van der Waals surface area (Å²) in [6.45, 7) is 8.61. The first-order valence-electron chi connectivity index (χ1n) is 10.3. The smallest absolute Gasteiger partial charge is 0.123 e. The molecule has 0 amide bonds. The lowest BCUT2D eigenvalue weighted by Gasteiger charge is -2.34. The molecule has 28 heavy (non-hydrogen) atoms. The van der Waals surface area contributed by atoms with Gasteiger partial charge in [-0.05, 0) is 31.0 Å². The summed E-state index contributed by atoms with van der Waals surface area (Å²) in [6.07, 6.45) is 2.42. The zero-order chi connectivity index (χ0) is 19.4. The maximum Gasteiger partial charge on any atom is 0.123 e. The van der Waals surface area contributed by atoms with Crippen LogP contribution < -0.4 is 4.74 Å². The van der Waals surface area contributed by atoms with Crippen LogP contribution in [-0.4, -0.2) is 87.8 Å². The van der Waals surface area contributed by atoms with Gasteiger partial charge in [-0.2, -0.15) is 0 Å². The molecule has 3 saturated heterocycles. The fraction of sp³-hybridized carbons (Fsp3) is 0.714. The molecule has 3 fully saturated rings. The van der Waals surface area contributed by atoms with E-state index in [1.807, 2.05) is 18.2 Å². The van der Waals surface area contributed by atoms with Crippen LogP contribution in [0, 0.1) is 0 Å². The number of halogens is 1. The number of nitrogens with zero attached hydrogens (tertiary/aromatic N) is 2. The van der Waals surface area contributed by atoms with E-state index in [4.69, 9.17) is 30.5 Å². The monoisotopic (exact) mass is 410 g/mol. The van der Waals surface area contributed by atoms with Crippen molar-refractivity contribution in [2.45, 2.75) is 31.1 Å². The Balaban J connectivity index is 1.39. The van der Waals surface area contributed by atoms with Crippen LogP contribution in [0.5, 0.6) is 5.75 Å². The second kappa shape index (κ2) is 9.28. The summed E-state index contributed by atoms with van der Waals surface area (Å²) in [4.78, 5) is 4.87. The van der Waals surface area contributed by atoms with Crippen molar-refractivity contribution in [2.75, 3.05) is 66.3 Å². The molecule has 7 heteroatoms. The maximum absolute atomic E-state index is 6.61. The predicted molar refractivity (Wildman–Crippen MR) is 108 cm³/mol. The summed E-state index contributed by atoms with van der Waals surface area (Å²) in [6, 6.07) is 5.80. The van der Waals surface area contributed by atoms with Gasteiger partial charge in [0.1, 0.15) is 11.4 Å². The first-order chi connectivity index (χ1) is 13.7. The molecule has 0 bridgehead atoms. The van der Waals surface area contributed by atoms with Gasteiger partial charge in [0, 0.05) is 49.9 Å². The van der Waals surface area contributed by atoms with Gasteiger partial charge in [0.2, 0.25) is 0 Å². The molecule has 0 aromatic heterocycles. The van der Waals surface area contributed by atoms with Crippen LogP contribution in [-0.2, 0) is 20.8 Å². The zero-order valence-electron chi connectivity index (χ0n) is 16.7. The van der Waals surface area contributed by atoms with E-state index in [0.29, 0.717) is 6.61 Å². The molecule has 156 valence electrons. The van der Waals surface area contributed by atoms with Crippen molar-refractivity contribution in [1.29, 1.82) is 0 Å². The Labute approximate surface area is 172 Å². The predicted octanol–water partition coefficient (Wildman–Crippen LogP) is 2.43. The molecule has 0 N–H and O–H groups in total. The Kier molecular flexibility index (Phi) is 6.76. The summed E-state index contributed by atoms with van der Waals surface area (Å²) < 4.78 is 23.6. The van der Waals surface area contributed by atoms with Crippen LogP contribution in [0.1, 0.15) is 18.4 Å². The molecule has 3 heterocycles. The van der Waals surface area contributed by atoms with Crippen molar-refractivity contribution in [1.82, 2.24) is 9.80 Å². The van der Waals surface area contributed by atoms with Crippen LogP contribution >= 0.6 is 11.6 Å². The molecule has 2 atom stereocenters. The summed E-state index contributed by atoms with van der Waals surface area (Å²) in [7, 11) is 1.70. The second-order valence-electron chi connectivity index (χ2n) is 8.09. The Morgan fingerprint density at radius 1 is 1.14 bits per heavy atom. The molecule has 3 aliphatic rings. The Morgan fingerprint density at radius 3 is 2.75 bits per heavy atom. The van der Waals surface area contributed by atoms with Crippen LogP contribution in [0.25, 0.3) is 0 Å². The number of hydrogen-bond acceptors (Lipinski definition) is 6. The standard InChI is InChI=1S/C21H31ClN2O4/c1-25-20-3-2-18(22)12-17(20)13-24-8-11-27-16-21(15-24)5-4-19(28-21)14-23-6-9-26-10-7-23/h2-3,12,19H,4-11,13-16H2,1H3/t19-,21-/m1/s1. The average Bonchev–Trinajstić information content (AvgIpc) is 2.97. The average molecular weight is 411 g/mol. The minimum absolute atomic E-state index is 0.209. The van der Waals surface area contributed by atoms with E-state index in [1.165, 1.54) is 0 Å². The maximum atomic E-state index is 6.61. The SMILES string of the molecule is COc1ccc(Cl)cc1CN1CCOC[C@@]2(CC[C@H](CN3CCOCC3)O2)C1. The van der Waals surface area contributed by atoms with Crippen LogP contribution in [0.2, 0.25) is 5.02 Å². The highest BCUT2D eigenvalue weighted by atomic mass is 35.5. The summed E-state index contributed by atoms with van der Waals surface area (Å²) in [5.41, 5.74) is 0.897. The van der Waals surface area contributed by atoms with Gasteiger partial charge < -0.3 is 18.9 Å². The highest BCUT2D eigenvalue weighted by molar-refractivity contribution is 6.30. The van der Waals surface area contributed by atoms with Gasteiger partial charge in [-0.3, -0.25) is 9.80 Å². The van der Waals surface area contributed by atoms with Crippen LogP contribution in [0.3, 0.4) is 0 Å². The van der Waals surface area contributed by atoms with E-state index in [2.05, 4.69) is 9.80 Å². The van der Waals surface area contributed by atoms with Crippen LogP contribution in [0.4, 0.5) is 0 Å². The van der Waals surface area contributed by atoms with Gasteiger partial charge in [-0.15, -0.1) is 0 Å². The topological polar surface area (TPSA) is 43.4 Å². The molecule has 4 rings (SSSR count). The minimum atomic E-state index is -0.209. The first kappa shape index (κ1) is 20.4. The largest absolute Gasteiger partial charge is 0.496 e. The van der Waals surface area contributed by atoms with Crippen molar-refractivity contribution in [3.8, 4) is 5.75 Å². The van der Waals surface area contributed by atoms with E-state index >= 15 is 0 Å². The Morgan fingerprint density at radius 2 is 1.93 bits per heavy atom. The lowest BCUT2D eigenvalue weighted by Crippen LogP contribution is -2.46. The highest BCUT2D eigenvalue weighted by Crippen LogP contribution is 2.34. The molecule has 0 saturated carbocycles. The van der Waals surface area contributed by atoms with Crippen molar-refractivity contribution >= 4 is 11.6 Å². The van der Waals surface area contributed by atoms with Gasteiger partial charge in [0.25, 0.3) is 0 Å². The number of hydrogen-bond donors (Lipinski definition) is 0. The van der Waals surface area contributed by atoms with E-state index < -0.39 is 0 Å². The summed E-state index contributed by atoms with van der Waals surface area (Å²) in [5.74, 6) is 0.876. The van der Waals surface area contributed by atoms with E-state index in [1.54, 1.807) is 7.11 Å². The molecular formula is C21H31ClN2O4. The molecule has 1 aromatic carbocycles. The molecule has 1 aromatic rings. The molecule has 1 spiro atoms. The van der Waals surface area contributed by atoms with Gasteiger partial charge in [-0.1, -0.05) is 11.6 Å². The quantitative estimate of drug-likeness (QED) is 0.742. The van der Waals surface area contributed by atoms with Gasteiger partial charge in [0.05, 0.1) is 39.6 Å². The lowest BCUT2D eigenvalue weighted by molar-refractivity contribution is -0.0967. The van der Waals surface area contributed by atoms with E-state index in [0.717, 1.165) is 88.3 Å². The Bertz CT molecular complexity index is 655. The zero-order valence-corrected chi connectivity index (χ0v) is 17.5. The Hall–Kier alpha value is -0.890. The number of rotatable bonds is 5. The van der Waals surface area contributed by atoms with Gasteiger partial charge >= 0.3 is 0 Å². The van der Waals surface area contributed by atoms with Crippen LogP contribution in [0.15, 0.2) is 18.2 Å². The number of ether oxygens (including phenoxy) is 4. The van der Waals surface area contributed by atoms with Crippen molar-refractivity contribution < 1.29 is 18.9 Å². The minimum Gasteiger partial charge on any atom is -0.496 e. The van der Waals surface area contributed by atoms with E-state index in [-0.39, 0.29) is 11.7 Å². The number of benzene rings is 1. The summed E-state index contributed by atoms with van der Waals surface area (Å²) in [5, 5.41) is 0.735. The third kappa shape index (κ3) is 4.99. The highest BCUT2D eigenvalue weighted by Gasteiger charge is 2.43. The van der Waals surface area contributed by atoms with Crippen molar-refractivity contribution in [3.05, 3.63) is 28.8 Å². The lowest BCUT2D eigenvalue weighted by atomic mass is 9.99. The molecule has 0 radical (unpaired) electrons. The van der Waals surface area contributed by atoms with E-state index in [9.17, 15) is 0 Å². The molecule has 6 nitrogen and oxygen atoms in total. The summed E-state index contributed by atoms with van der Waals surface area (Å²) >= 11 is 6.22. The number of methoxy groups -OCH3 is 1. The third-order valence-corrected chi connectivity index (χ3v) is 6.20. The first-order valence-corrected chi connectivity index (χ1v) is 10.6. The second-order valence-corrected chi connectivity index (χ2v) is 8.53. The third-order valence-electron chi connectivity index (χ3n) is 5.97. The molecule has 3 aliphatic heterocycles. The fourth-order valence-electron chi connectivity index (χ4n) is 4.55.